The average Bonchev–Trinajstić information content (AvgIpc) is 2.95. The third-order valence-corrected chi connectivity index (χ3v) is 4.17. The fourth-order valence-corrected chi connectivity index (χ4v) is 2.92. The van der Waals surface area contributed by atoms with Crippen molar-refractivity contribution in [3.05, 3.63) is 54.0 Å². The topological polar surface area (TPSA) is 81.1 Å². The molecule has 1 aromatic carbocycles. The molecule has 1 amide bonds. The molecule has 0 bridgehead atoms. The second-order valence-corrected chi connectivity index (χ2v) is 5.80. The Bertz CT molecular complexity index is 964. The van der Waals surface area contributed by atoms with Crippen molar-refractivity contribution in [3.8, 4) is 17.0 Å². The Morgan fingerprint density at radius 2 is 2.15 bits per heavy atom. The Morgan fingerprint density at radius 3 is 2.96 bits per heavy atom. The molecule has 0 fully saturated rings. The third-order valence-electron chi connectivity index (χ3n) is 4.17. The quantitative estimate of drug-likeness (QED) is 0.758. The van der Waals surface area contributed by atoms with Crippen molar-refractivity contribution in [1.82, 2.24) is 19.9 Å². The molecule has 2 N–H and O–H groups in total. The van der Waals surface area contributed by atoms with Gasteiger partial charge in [-0.25, -0.2) is 9.97 Å². The molecule has 1 aliphatic rings. The Hall–Kier alpha value is -3.35. The standard InChI is InChI=1S/C18H17N5O2.CH4/c1-23-7-6-14-15-11(9-19-17(24)16(14)23)10-20-18(22-15)21-12-4-3-5-13(8-12)25-2;/h3-8,10H,9H2,1-2H3,(H,19,24)(H,20,21,22);1H4. The monoisotopic (exact) mass is 351 g/mol. The molecule has 7 heteroatoms. The van der Waals surface area contributed by atoms with Gasteiger partial charge in [0.15, 0.2) is 0 Å². The van der Waals surface area contributed by atoms with E-state index >= 15 is 0 Å². The first-order valence-corrected chi connectivity index (χ1v) is 7.86. The van der Waals surface area contributed by atoms with Crippen LogP contribution in [0.4, 0.5) is 11.6 Å². The summed E-state index contributed by atoms with van der Waals surface area (Å²) in [5, 5.41) is 6.07. The Morgan fingerprint density at radius 1 is 1.31 bits per heavy atom. The Balaban J connectivity index is 0.00000196. The number of amides is 1. The van der Waals surface area contributed by atoms with Crippen molar-refractivity contribution in [1.29, 1.82) is 0 Å². The van der Waals surface area contributed by atoms with Crippen LogP contribution >= 0.6 is 0 Å². The van der Waals surface area contributed by atoms with Gasteiger partial charge in [-0.15, -0.1) is 0 Å². The highest BCUT2D eigenvalue weighted by Crippen LogP contribution is 2.30. The highest BCUT2D eigenvalue weighted by Gasteiger charge is 2.24. The fraction of sp³-hybridized carbons (Fsp3) is 0.211. The summed E-state index contributed by atoms with van der Waals surface area (Å²) < 4.78 is 7.03. The lowest BCUT2D eigenvalue weighted by molar-refractivity contribution is 0.0945. The van der Waals surface area contributed by atoms with E-state index < -0.39 is 0 Å². The van der Waals surface area contributed by atoms with Crippen molar-refractivity contribution in [2.45, 2.75) is 14.0 Å². The number of nitrogens with zero attached hydrogens (tertiary/aromatic N) is 3. The van der Waals surface area contributed by atoms with Crippen molar-refractivity contribution < 1.29 is 9.53 Å². The van der Waals surface area contributed by atoms with Gasteiger partial charge in [-0.1, -0.05) is 13.5 Å². The van der Waals surface area contributed by atoms with E-state index in [-0.39, 0.29) is 13.3 Å². The predicted octanol–water partition coefficient (Wildman–Crippen LogP) is 3.11. The van der Waals surface area contributed by atoms with E-state index in [2.05, 4.69) is 20.6 Å². The molecule has 0 radical (unpaired) electrons. The highest BCUT2D eigenvalue weighted by molar-refractivity contribution is 6.00. The summed E-state index contributed by atoms with van der Waals surface area (Å²) in [4.78, 5) is 21.3. The van der Waals surface area contributed by atoms with Crippen LogP contribution in [-0.4, -0.2) is 27.6 Å². The van der Waals surface area contributed by atoms with Crippen LogP contribution in [0.25, 0.3) is 11.3 Å². The van der Waals surface area contributed by atoms with Gasteiger partial charge in [0.1, 0.15) is 11.4 Å². The van der Waals surface area contributed by atoms with Crippen LogP contribution in [0.2, 0.25) is 0 Å². The van der Waals surface area contributed by atoms with Crippen molar-refractivity contribution in [3.63, 3.8) is 0 Å². The molecule has 0 aliphatic carbocycles. The molecule has 134 valence electrons. The van der Waals surface area contributed by atoms with Crippen LogP contribution in [0.1, 0.15) is 23.5 Å². The predicted molar refractivity (Wildman–Crippen MR) is 101 cm³/mol. The Kier molecular flexibility index (Phi) is 4.62. The number of ether oxygens (including phenoxy) is 1. The van der Waals surface area contributed by atoms with Crippen LogP contribution in [-0.2, 0) is 13.6 Å². The number of fused-ring (bicyclic) bond motifs is 3. The summed E-state index contributed by atoms with van der Waals surface area (Å²) in [5.41, 5.74) is 3.88. The first-order chi connectivity index (χ1) is 12.2. The summed E-state index contributed by atoms with van der Waals surface area (Å²) in [6, 6.07) is 9.45. The number of anilines is 2. The molecule has 0 saturated carbocycles. The van der Waals surface area contributed by atoms with Crippen molar-refractivity contribution >= 4 is 17.5 Å². The van der Waals surface area contributed by atoms with Gasteiger partial charge >= 0.3 is 0 Å². The van der Waals surface area contributed by atoms with Gasteiger partial charge in [0.05, 0.1) is 12.8 Å². The number of nitrogens with one attached hydrogen (secondary N) is 2. The number of benzene rings is 1. The number of carbonyl (C=O) groups excluding carboxylic acids is 1. The maximum atomic E-state index is 12.3. The van der Waals surface area contributed by atoms with E-state index in [1.54, 1.807) is 17.9 Å². The molecule has 0 saturated heterocycles. The van der Waals surface area contributed by atoms with E-state index in [0.717, 1.165) is 28.3 Å². The average molecular weight is 351 g/mol. The number of rotatable bonds is 3. The van der Waals surface area contributed by atoms with E-state index in [1.807, 2.05) is 43.6 Å². The maximum absolute atomic E-state index is 12.3. The van der Waals surface area contributed by atoms with Gasteiger partial charge in [0.2, 0.25) is 5.95 Å². The summed E-state index contributed by atoms with van der Waals surface area (Å²) in [6.45, 7) is 0.405. The van der Waals surface area contributed by atoms with Gasteiger partial charge in [0.25, 0.3) is 5.91 Å². The number of aryl methyl sites for hydroxylation is 1. The number of hydrogen-bond acceptors (Lipinski definition) is 5. The van der Waals surface area contributed by atoms with Gasteiger partial charge in [-0.05, 0) is 18.2 Å². The SMILES string of the molecule is C.COc1cccc(Nc2ncc3c(n2)-c2ccn(C)c2C(=O)NC3)c1. The Labute approximate surface area is 152 Å². The number of carbonyl (C=O) groups is 1. The molecule has 7 nitrogen and oxygen atoms in total. The molecule has 3 heterocycles. The van der Waals surface area contributed by atoms with Gasteiger partial charge < -0.3 is 19.9 Å². The number of methoxy groups -OCH3 is 1. The van der Waals surface area contributed by atoms with Crippen LogP contribution in [0.3, 0.4) is 0 Å². The van der Waals surface area contributed by atoms with Crippen LogP contribution in [0, 0.1) is 0 Å². The maximum Gasteiger partial charge on any atom is 0.268 e. The van der Waals surface area contributed by atoms with E-state index in [1.165, 1.54) is 0 Å². The zero-order valence-corrected chi connectivity index (χ0v) is 13.9. The minimum Gasteiger partial charge on any atom is -0.497 e. The van der Waals surface area contributed by atoms with Crippen LogP contribution < -0.4 is 15.4 Å². The van der Waals surface area contributed by atoms with E-state index in [4.69, 9.17) is 4.74 Å². The molecule has 4 rings (SSSR count). The molecule has 3 aromatic rings. The van der Waals surface area contributed by atoms with Crippen LogP contribution in [0.15, 0.2) is 42.7 Å². The lowest BCUT2D eigenvalue weighted by atomic mass is 10.1. The number of aromatic nitrogens is 3. The largest absolute Gasteiger partial charge is 0.497 e. The lowest BCUT2D eigenvalue weighted by Crippen LogP contribution is -2.23. The second kappa shape index (κ2) is 6.87. The van der Waals surface area contributed by atoms with Crippen molar-refractivity contribution in [2.24, 2.45) is 7.05 Å². The number of hydrogen-bond donors (Lipinski definition) is 2. The minimum absolute atomic E-state index is 0. The highest BCUT2D eigenvalue weighted by atomic mass is 16.5. The van der Waals surface area contributed by atoms with Gasteiger partial charge in [-0.3, -0.25) is 4.79 Å². The van der Waals surface area contributed by atoms with Crippen LogP contribution in [0.5, 0.6) is 5.75 Å². The normalized spacial score (nSPS) is 12.2. The second-order valence-electron chi connectivity index (χ2n) is 5.80. The molecular weight excluding hydrogens is 330 g/mol. The molecular formula is C19H21N5O2. The molecule has 0 unspecified atom stereocenters. The molecule has 0 atom stereocenters. The van der Waals surface area contributed by atoms with Crippen molar-refractivity contribution in [2.75, 3.05) is 12.4 Å². The smallest absolute Gasteiger partial charge is 0.268 e. The fourth-order valence-electron chi connectivity index (χ4n) is 2.92. The summed E-state index contributed by atoms with van der Waals surface area (Å²) in [7, 11) is 3.47. The van der Waals surface area contributed by atoms with Gasteiger partial charge in [0, 0.05) is 48.9 Å². The summed E-state index contributed by atoms with van der Waals surface area (Å²) >= 11 is 0. The zero-order valence-electron chi connectivity index (χ0n) is 13.9. The first kappa shape index (κ1) is 17.5. The molecule has 1 aliphatic heterocycles. The lowest BCUT2D eigenvalue weighted by Gasteiger charge is -2.10. The van der Waals surface area contributed by atoms with Gasteiger partial charge in [-0.2, -0.15) is 0 Å². The zero-order chi connectivity index (χ0) is 17.4. The first-order valence-electron chi connectivity index (χ1n) is 7.86. The minimum atomic E-state index is -0.109. The molecule has 2 aromatic heterocycles. The molecule has 26 heavy (non-hydrogen) atoms. The third kappa shape index (κ3) is 2.99. The van der Waals surface area contributed by atoms with E-state index in [9.17, 15) is 4.79 Å². The van der Waals surface area contributed by atoms with E-state index in [0.29, 0.717) is 18.2 Å². The summed E-state index contributed by atoms with van der Waals surface area (Å²) in [6.07, 6.45) is 3.60. The summed E-state index contributed by atoms with van der Waals surface area (Å²) in [5.74, 6) is 1.11. The molecule has 0 spiro atoms.